The average Bonchev–Trinajstić information content (AvgIpc) is 3.06. The van der Waals surface area contributed by atoms with E-state index in [4.69, 9.17) is 16.3 Å². The van der Waals surface area contributed by atoms with Crippen LogP contribution in [0.15, 0.2) is 24.3 Å². The van der Waals surface area contributed by atoms with Gasteiger partial charge < -0.3 is 9.64 Å². The molecule has 3 nitrogen and oxygen atoms in total. The molecule has 1 aromatic rings. The van der Waals surface area contributed by atoms with Crippen LogP contribution >= 0.6 is 11.6 Å². The van der Waals surface area contributed by atoms with Gasteiger partial charge in [0.15, 0.2) is 0 Å². The number of likely N-dealkylation sites (tertiary alicyclic amines) is 1. The Morgan fingerprint density at radius 3 is 3.00 bits per heavy atom. The molecule has 0 radical (unpaired) electrons. The second-order valence-corrected chi connectivity index (χ2v) is 6.86. The van der Waals surface area contributed by atoms with E-state index in [0.717, 1.165) is 50.5 Å². The lowest BCUT2D eigenvalue weighted by atomic mass is 9.94. The minimum atomic E-state index is 0.194. The smallest absolute Gasteiger partial charge is 0.223 e. The Kier molecular flexibility index (Phi) is 5.37. The number of ether oxygens (including phenoxy) is 1. The van der Waals surface area contributed by atoms with Crippen LogP contribution in [-0.4, -0.2) is 30.6 Å². The summed E-state index contributed by atoms with van der Waals surface area (Å²) < 4.78 is 5.40. The summed E-state index contributed by atoms with van der Waals surface area (Å²) >= 11 is 6.12. The normalized spacial score (nSPS) is 25.4. The number of halogens is 1. The second-order valence-electron chi connectivity index (χ2n) is 6.42. The van der Waals surface area contributed by atoms with E-state index in [1.54, 1.807) is 0 Å². The summed E-state index contributed by atoms with van der Waals surface area (Å²) in [5.74, 6) is 0.856. The molecule has 0 saturated carbocycles. The molecule has 2 atom stereocenters. The number of benzene rings is 1. The Morgan fingerprint density at radius 2 is 2.23 bits per heavy atom. The molecule has 3 rings (SSSR count). The highest BCUT2D eigenvalue weighted by molar-refractivity contribution is 6.30. The zero-order valence-corrected chi connectivity index (χ0v) is 13.7. The van der Waals surface area contributed by atoms with Crippen molar-refractivity contribution in [3.63, 3.8) is 0 Å². The molecule has 0 spiro atoms. The molecule has 2 saturated heterocycles. The minimum Gasteiger partial charge on any atom is -0.381 e. The molecule has 4 heteroatoms. The third kappa shape index (κ3) is 3.82. The van der Waals surface area contributed by atoms with Gasteiger partial charge in [0.25, 0.3) is 0 Å². The van der Waals surface area contributed by atoms with E-state index in [9.17, 15) is 4.79 Å². The lowest BCUT2D eigenvalue weighted by Crippen LogP contribution is -2.38. The van der Waals surface area contributed by atoms with Gasteiger partial charge in [0.05, 0.1) is 6.04 Å². The van der Waals surface area contributed by atoms with Crippen molar-refractivity contribution < 1.29 is 9.53 Å². The van der Waals surface area contributed by atoms with Crippen LogP contribution in [0.3, 0.4) is 0 Å². The van der Waals surface area contributed by atoms with E-state index < -0.39 is 0 Å². The molecular weight excluding hydrogens is 298 g/mol. The molecule has 0 bridgehead atoms. The van der Waals surface area contributed by atoms with E-state index >= 15 is 0 Å². The van der Waals surface area contributed by atoms with E-state index in [-0.39, 0.29) is 11.9 Å². The Hall–Kier alpha value is -1.06. The van der Waals surface area contributed by atoms with E-state index in [0.29, 0.717) is 12.3 Å². The van der Waals surface area contributed by atoms with E-state index in [1.165, 1.54) is 12.0 Å². The highest BCUT2D eigenvalue weighted by Gasteiger charge is 2.28. The summed E-state index contributed by atoms with van der Waals surface area (Å²) in [5, 5.41) is 0.749. The zero-order valence-electron chi connectivity index (χ0n) is 13.0. The fourth-order valence-corrected chi connectivity index (χ4v) is 3.77. The third-order valence-corrected chi connectivity index (χ3v) is 5.08. The Balaban J connectivity index is 1.65. The van der Waals surface area contributed by atoms with Gasteiger partial charge in [-0.2, -0.15) is 0 Å². The molecule has 1 amide bonds. The highest BCUT2D eigenvalue weighted by atomic mass is 35.5. The Labute approximate surface area is 137 Å². The summed E-state index contributed by atoms with van der Waals surface area (Å²) in [6.45, 7) is 2.55. The quantitative estimate of drug-likeness (QED) is 0.831. The number of rotatable bonds is 4. The van der Waals surface area contributed by atoms with Crippen molar-refractivity contribution in [3.8, 4) is 0 Å². The fraction of sp³-hybridized carbons (Fsp3) is 0.611. The number of carbonyl (C=O) groups excluding carboxylic acids is 1. The number of hydrogen-bond donors (Lipinski definition) is 0. The first-order chi connectivity index (χ1) is 10.7. The van der Waals surface area contributed by atoms with Crippen LogP contribution in [0.2, 0.25) is 5.02 Å². The van der Waals surface area contributed by atoms with Crippen LogP contribution in [0, 0.1) is 5.92 Å². The summed E-state index contributed by atoms with van der Waals surface area (Å²) in [6, 6.07) is 8.15. The number of piperidine rings is 1. The van der Waals surface area contributed by atoms with Crippen LogP contribution in [0.5, 0.6) is 0 Å². The fourth-order valence-electron chi connectivity index (χ4n) is 3.57. The molecule has 2 fully saturated rings. The maximum Gasteiger partial charge on any atom is 0.223 e. The maximum absolute atomic E-state index is 12.7. The van der Waals surface area contributed by atoms with Crippen molar-refractivity contribution >= 4 is 17.5 Å². The Morgan fingerprint density at radius 1 is 1.32 bits per heavy atom. The van der Waals surface area contributed by atoms with Gasteiger partial charge in [0.2, 0.25) is 5.91 Å². The zero-order chi connectivity index (χ0) is 15.4. The van der Waals surface area contributed by atoms with Crippen LogP contribution < -0.4 is 0 Å². The van der Waals surface area contributed by atoms with Crippen molar-refractivity contribution in [2.45, 2.75) is 44.6 Å². The molecule has 22 heavy (non-hydrogen) atoms. The van der Waals surface area contributed by atoms with Gasteiger partial charge in [0.1, 0.15) is 0 Å². The van der Waals surface area contributed by atoms with Gasteiger partial charge in [-0.05, 0) is 55.7 Å². The van der Waals surface area contributed by atoms with Crippen LogP contribution in [-0.2, 0) is 9.53 Å². The molecular formula is C18H24ClNO2. The molecule has 120 valence electrons. The van der Waals surface area contributed by atoms with Crippen molar-refractivity contribution in [2.24, 2.45) is 5.92 Å². The minimum absolute atomic E-state index is 0.194. The SMILES string of the molecule is O=C(CC[C@@H]1CCOC1)N1CCCC[C@@H]1c1cccc(Cl)c1. The monoisotopic (exact) mass is 321 g/mol. The first-order valence-electron chi connectivity index (χ1n) is 8.37. The molecule has 0 N–H and O–H groups in total. The molecule has 2 heterocycles. The standard InChI is InChI=1S/C18H24ClNO2/c19-16-5-3-4-15(12-16)17-6-1-2-10-20(17)18(21)8-7-14-9-11-22-13-14/h3-5,12,14,17H,1-2,6-11,13H2/t14-,17-/m1/s1. The number of nitrogens with zero attached hydrogens (tertiary/aromatic N) is 1. The first-order valence-corrected chi connectivity index (χ1v) is 8.74. The molecule has 0 unspecified atom stereocenters. The van der Waals surface area contributed by atoms with Crippen molar-refractivity contribution in [1.29, 1.82) is 0 Å². The lowest BCUT2D eigenvalue weighted by molar-refractivity contribution is -0.135. The largest absolute Gasteiger partial charge is 0.381 e. The van der Waals surface area contributed by atoms with Gasteiger partial charge in [-0.3, -0.25) is 4.79 Å². The molecule has 2 aliphatic rings. The van der Waals surface area contributed by atoms with Crippen LogP contribution in [0.1, 0.15) is 50.1 Å². The third-order valence-electron chi connectivity index (χ3n) is 4.85. The van der Waals surface area contributed by atoms with E-state index in [1.807, 2.05) is 18.2 Å². The number of amides is 1. The predicted molar refractivity (Wildman–Crippen MR) is 87.9 cm³/mol. The molecule has 1 aromatic carbocycles. The number of carbonyl (C=O) groups is 1. The predicted octanol–water partition coefficient (Wildman–Crippen LogP) is 4.21. The first kappa shape index (κ1) is 15.8. The Bertz CT molecular complexity index is 514. The summed E-state index contributed by atoms with van der Waals surface area (Å²) in [6.07, 6.45) is 6.03. The average molecular weight is 322 g/mol. The van der Waals surface area contributed by atoms with Crippen LogP contribution in [0.25, 0.3) is 0 Å². The summed E-state index contributed by atoms with van der Waals surface area (Å²) in [5.41, 5.74) is 1.17. The molecule has 0 aromatic heterocycles. The van der Waals surface area contributed by atoms with Crippen molar-refractivity contribution in [3.05, 3.63) is 34.9 Å². The van der Waals surface area contributed by atoms with Crippen molar-refractivity contribution in [2.75, 3.05) is 19.8 Å². The highest BCUT2D eigenvalue weighted by Crippen LogP contribution is 2.33. The summed E-state index contributed by atoms with van der Waals surface area (Å²) in [7, 11) is 0. The van der Waals surface area contributed by atoms with Crippen molar-refractivity contribution in [1.82, 2.24) is 4.90 Å². The molecule has 0 aliphatic carbocycles. The van der Waals surface area contributed by atoms with E-state index in [2.05, 4.69) is 11.0 Å². The van der Waals surface area contributed by atoms with Gasteiger partial charge >= 0.3 is 0 Å². The topological polar surface area (TPSA) is 29.5 Å². The maximum atomic E-state index is 12.7. The molecule has 2 aliphatic heterocycles. The second kappa shape index (κ2) is 7.47. The van der Waals surface area contributed by atoms with Gasteiger partial charge in [-0.1, -0.05) is 23.7 Å². The lowest BCUT2D eigenvalue weighted by Gasteiger charge is -2.36. The van der Waals surface area contributed by atoms with Gasteiger partial charge in [-0.25, -0.2) is 0 Å². The van der Waals surface area contributed by atoms with Crippen LogP contribution in [0.4, 0.5) is 0 Å². The van der Waals surface area contributed by atoms with Gasteiger partial charge in [-0.15, -0.1) is 0 Å². The summed E-state index contributed by atoms with van der Waals surface area (Å²) in [4.78, 5) is 14.7. The van der Waals surface area contributed by atoms with Gasteiger partial charge in [0, 0.05) is 31.2 Å². The number of hydrogen-bond acceptors (Lipinski definition) is 2.